The second-order valence-corrected chi connectivity index (χ2v) is 11.2. The zero-order valence-corrected chi connectivity index (χ0v) is 23.8. The van der Waals surface area contributed by atoms with E-state index in [-0.39, 0.29) is 10.8 Å². The first kappa shape index (κ1) is 28.8. The molecule has 1 aliphatic rings. The standard InChI is InChI=1S/C29H33N3O7S/c1-21(33)39-28(22-8-6-5-7-9-22)29(34)32-18-16-31(17-19-32)26-20-25(14-15-27(26)38-4)40(35,36)30(2)23-10-12-24(37-3)13-11-23/h5-15,20,28H,16-19H2,1-4H3. The molecule has 1 atom stereocenters. The van der Waals surface area contributed by atoms with E-state index < -0.39 is 22.1 Å². The van der Waals surface area contributed by atoms with Gasteiger partial charge in [0.1, 0.15) is 11.5 Å². The number of anilines is 2. The highest BCUT2D eigenvalue weighted by Crippen LogP contribution is 2.34. The maximum Gasteiger partial charge on any atom is 0.303 e. The Morgan fingerprint density at radius 1 is 0.875 bits per heavy atom. The quantitative estimate of drug-likeness (QED) is 0.362. The Bertz CT molecular complexity index is 1440. The first-order valence-electron chi connectivity index (χ1n) is 12.7. The average Bonchev–Trinajstić information content (AvgIpc) is 2.99. The topological polar surface area (TPSA) is 106 Å². The molecule has 0 saturated carbocycles. The summed E-state index contributed by atoms with van der Waals surface area (Å²) in [5.74, 6) is 0.309. The van der Waals surface area contributed by atoms with Crippen LogP contribution in [0, 0.1) is 0 Å². The number of rotatable bonds is 9. The van der Waals surface area contributed by atoms with Crippen molar-refractivity contribution in [3.8, 4) is 11.5 Å². The third-order valence-electron chi connectivity index (χ3n) is 6.79. The van der Waals surface area contributed by atoms with E-state index >= 15 is 0 Å². The molecular weight excluding hydrogens is 534 g/mol. The van der Waals surface area contributed by atoms with Gasteiger partial charge in [0.25, 0.3) is 15.9 Å². The Morgan fingerprint density at radius 3 is 2.10 bits per heavy atom. The average molecular weight is 568 g/mol. The minimum atomic E-state index is -3.88. The van der Waals surface area contributed by atoms with Gasteiger partial charge in [-0.3, -0.25) is 13.9 Å². The lowest BCUT2D eigenvalue weighted by atomic mass is 10.1. The van der Waals surface area contributed by atoms with Crippen molar-refractivity contribution in [2.45, 2.75) is 17.9 Å². The van der Waals surface area contributed by atoms with E-state index in [1.165, 1.54) is 31.5 Å². The predicted molar refractivity (Wildman–Crippen MR) is 151 cm³/mol. The van der Waals surface area contributed by atoms with Crippen molar-refractivity contribution in [2.75, 3.05) is 56.7 Å². The summed E-state index contributed by atoms with van der Waals surface area (Å²) in [6, 6.07) is 20.4. The molecular formula is C29H33N3O7S. The highest BCUT2D eigenvalue weighted by atomic mass is 32.2. The second kappa shape index (κ2) is 12.3. The van der Waals surface area contributed by atoms with Crippen LogP contribution in [-0.2, 0) is 24.3 Å². The highest BCUT2D eigenvalue weighted by molar-refractivity contribution is 7.92. The van der Waals surface area contributed by atoms with Gasteiger partial charge in [0.05, 0.1) is 30.5 Å². The molecule has 3 aromatic rings. The minimum Gasteiger partial charge on any atom is -0.497 e. The third kappa shape index (κ3) is 6.15. The van der Waals surface area contributed by atoms with Gasteiger partial charge >= 0.3 is 5.97 Å². The maximum atomic E-state index is 13.5. The molecule has 4 rings (SSSR count). The molecule has 212 valence electrons. The molecule has 11 heteroatoms. The number of piperazine rings is 1. The number of benzene rings is 3. The van der Waals surface area contributed by atoms with E-state index in [4.69, 9.17) is 14.2 Å². The first-order chi connectivity index (χ1) is 19.1. The predicted octanol–water partition coefficient (Wildman–Crippen LogP) is 3.48. The van der Waals surface area contributed by atoms with Crippen LogP contribution in [0.15, 0.2) is 77.7 Å². The number of hydrogen-bond donors (Lipinski definition) is 0. The fourth-order valence-corrected chi connectivity index (χ4v) is 5.77. The number of nitrogens with zero attached hydrogens (tertiary/aromatic N) is 3. The highest BCUT2D eigenvalue weighted by Gasteiger charge is 2.32. The summed E-state index contributed by atoms with van der Waals surface area (Å²) in [5.41, 5.74) is 1.70. The molecule has 0 bridgehead atoms. The molecule has 40 heavy (non-hydrogen) atoms. The van der Waals surface area contributed by atoms with Gasteiger partial charge in [-0.05, 0) is 42.5 Å². The number of hydrogen-bond acceptors (Lipinski definition) is 8. The molecule has 0 spiro atoms. The summed E-state index contributed by atoms with van der Waals surface area (Å²) in [7, 11) is 0.694. The Kier molecular flexibility index (Phi) is 8.83. The van der Waals surface area contributed by atoms with Crippen molar-refractivity contribution in [1.82, 2.24) is 4.90 Å². The number of carbonyl (C=O) groups is 2. The molecule has 0 radical (unpaired) electrons. The summed E-state index contributed by atoms with van der Waals surface area (Å²) in [5, 5.41) is 0. The SMILES string of the molecule is COc1ccc(N(C)S(=O)(=O)c2ccc(OC)c(N3CCN(C(=O)C(OC(C)=O)c4ccccc4)CC3)c2)cc1. The van der Waals surface area contributed by atoms with Crippen LogP contribution in [0.3, 0.4) is 0 Å². The smallest absolute Gasteiger partial charge is 0.303 e. The van der Waals surface area contributed by atoms with E-state index in [9.17, 15) is 18.0 Å². The number of sulfonamides is 1. The number of esters is 1. The van der Waals surface area contributed by atoms with Gasteiger partial charge in [-0.25, -0.2) is 8.42 Å². The molecule has 0 aliphatic carbocycles. The summed E-state index contributed by atoms with van der Waals surface area (Å²) in [4.78, 5) is 28.8. The van der Waals surface area contributed by atoms with E-state index in [0.717, 1.165) is 0 Å². The minimum absolute atomic E-state index is 0.110. The lowest BCUT2D eigenvalue weighted by Crippen LogP contribution is -2.50. The maximum absolute atomic E-state index is 13.5. The van der Waals surface area contributed by atoms with Crippen LogP contribution < -0.4 is 18.7 Å². The van der Waals surface area contributed by atoms with E-state index in [1.54, 1.807) is 72.7 Å². The molecule has 1 unspecified atom stereocenters. The number of ether oxygens (including phenoxy) is 3. The van der Waals surface area contributed by atoms with E-state index in [1.807, 2.05) is 11.0 Å². The van der Waals surface area contributed by atoms with Crippen LogP contribution in [0.5, 0.6) is 11.5 Å². The molecule has 1 fully saturated rings. The lowest BCUT2D eigenvalue weighted by Gasteiger charge is -2.38. The molecule has 0 aromatic heterocycles. The molecule has 0 N–H and O–H groups in total. The van der Waals surface area contributed by atoms with Crippen molar-refractivity contribution < 1.29 is 32.2 Å². The van der Waals surface area contributed by atoms with Crippen LogP contribution in [0.1, 0.15) is 18.6 Å². The second-order valence-electron chi connectivity index (χ2n) is 9.22. The van der Waals surface area contributed by atoms with Crippen molar-refractivity contribution in [3.63, 3.8) is 0 Å². The zero-order valence-electron chi connectivity index (χ0n) is 22.9. The van der Waals surface area contributed by atoms with Gasteiger partial charge in [0, 0.05) is 45.7 Å². The van der Waals surface area contributed by atoms with Crippen LogP contribution in [0.2, 0.25) is 0 Å². The Balaban J connectivity index is 1.53. The number of methoxy groups -OCH3 is 2. The lowest BCUT2D eigenvalue weighted by molar-refractivity contribution is -0.159. The Morgan fingerprint density at radius 2 is 1.52 bits per heavy atom. The van der Waals surface area contributed by atoms with Crippen LogP contribution in [-0.4, -0.2) is 72.6 Å². The van der Waals surface area contributed by atoms with Crippen molar-refractivity contribution >= 4 is 33.3 Å². The van der Waals surface area contributed by atoms with Gasteiger partial charge in [-0.2, -0.15) is 0 Å². The molecule has 1 saturated heterocycles. The molecule has 3 aromatic carbocycles. The fraction of sp³-hybridized carbons (Fsp3) is 0.310. The Hall–Kier alpha value is -4.25. The normalized spacial score (nSPS) is 14.3. The van der Waals surface area contributed by atoms with Crippen molar-refractivity contribution in [1.29, 1.82) is 0 Å². The fourth-order valence-electron chi connectivity index (χ4n) is 4.55. The van der Waals surface area contributed by atoms with Crippen LogP contribution in [0.25, 0.3) is 0 Å². The van der Waals surface area contributed by atoms with Gasteiger partial charge in [0.15, 0.2) is 0 Å². The summed E-state index contributed by atoms with van der Waals surface area (Å²) in [6.07, 6.45) is -1.03. The summed E-state index contributed by atoms with van der Waals surface area (Å²) < 4.78 is 44.3. The largest absolute Gasteiger partial charge is 0.497 e. The van der Waals surface area contributed by atoms with Crippen LogP contribution >= 0.6 is 0 Å². The summed E-state index contributed by atoms with van der Waals surface area (Å²) in [6.45, 7) is 2.86. The van der Waals surface area contributed by atoms with Gasteiger partial charge in [-0.15, -0.1) is 0 Å². The molecule has 10 nitrogen and oxygen atoms in total. The third-order valence-corrected chi connectivity index (χ3v) is 8.57. The van der Waals surface area contributed by atoms with Gasteiger partial charge in [-0.1, -0.05) is 30.3 Å². The number of carbonyl (C=O) groups excluding carboxylic acids is 2. The van der Waals surface area contributed by atoms with Gasteiger partial charge < -0.3 is 24.0 Å². The summed E-state index contributed by atoms with van der Waals surface area (Å²) >= 11 is 0. The molecule has 1 heterocycles. The van der Waals surface area contributed by atoms with E-state index in [0.29, 0.717) is 54.6 Å². The monoisotopic (exact) mass is 567 g/mol. The van der Waals surface area contributed by atoms with Crippen molar-refractivity contribution in [3.05, 3.63) is 78.4 Å². The molecule has 1 amide bonds. The number of amides is 1. The van der Waals surface area contributed by atoms with Gasteiger partial charge in [0.2, 0.25) is 6.10 Å². The molecule has 1 aliphatic heterocycles. The van der Waals surface area contributed by atoms with Crippen molar-refractivity contribution in [2.24, 2.45) is 0 Å². The Labute approximate surface area is 234 Å². The van der Waals surface area contributed by atoms with E-state index in [2.05, 4.69) is 0 Å². The van der Waals surface area contributed by atoms with Crippen LogP contribution in [0.4, 0.5) is 11.4 Å². The zero-order chi connectivity index (χ0) is 28.9. The first-order valence-corrected chi connectivity index (χ1v) is 14.2.